The number of rotatable bonds is 8. The van der Waals surface area contributed by atoms with E-state index in [4.69, 9.17) is 15.1 Å². The lowest BCUT2D eigenvalue weighted by Gasteiger charge is -2.19. The topological polar surface area (TPSA) is 94.9 Å². The van der Waals surface area contributed by atoms with Crippen molar-refractivity contribution < 1.29 is 13.6 Å². The zero-order chi connectivity index (χ0) is 27.0. The molecule has 0 saturated heterocycles. The normalized spacial score (nSPS) is 11.5. The van der Waals surface area contributed by atoms with Gasteiger partial charge in [0, 0.05) is 31.9 Å². The fourth-order valence-corrected chi connectivity index (χ4v) is 6.36. The molecule has 0 unspecified atom stereocenters. The Bertz CT molecular complexity index is 1640. The summed E-state index contributed by atoms with van der Waals surface area (Å²) >= 11 is 5.22. The van der Waals surface area contributed by atoms with E-state index in [1.54, 1.807) is 30.4 Å². The van der Waals surface area contributed by atoms with Crippen LogP contribution in [-0.2, 0) is 19.3 Å². The van der Waals surface area contributed by atoms with Gasteiger partial charge in [-0.1, -0.05) is 48.0 Å². The van der Waals surface area contributed by atoms with Crippen LogP contribution in [0.25, 0.3) is 32.0 Å². The molecule has 0 aliphatic rings. The largest absolute Gasteiger partial charge is 0.421 e. The maximum absolute atomic E-state index is 13.5. The molecule has 38 heavy (non-hydrogen) atoms. The van der Waals surface area contributed by atoms with Crippen LogP contribution in [0.15, 0.2) is 57.4 Å². The van der Waals surface area contributed by atoms with Gasteiger partial charge >= 0.3 is 0 Å². The smallest absolute Gasteiger partial charge is 0.251 e. The van der Waals surface area contributed by atoms with Gasteiger partial charge in [-0.3, -0.25) is 9.78 Å². The highest BCUT2D eigenvalue weighted by molar-refractivity contribution is 9.10. The van der Waals surface area contributed by atoms with E-state index in [1.807, 2.05) is 18.2 Å². The van der Waals surface area contributed by atoms with Gasteiger partial charge in [0.1, 0.15) is 5.82 Å². The zero-order valence-corrected chi connectivity index (χ0v) is 23.6. The number of fused-ring (bicyclic) bond motifs is 1. The van der Waals surface area contributed by atoms with Crippen molar-refractivity contribution in [3.05, 3.63) is 87.2 Å². The number of hydrogen-bond acceptors (Lipinski definition) is 6. The monoisotopic (exact) mass is 592 g/mol. The number of primary amides is 1. The standard InChI is InChI=1S/C29H26BrFN4O2S/c1-15(2)13-22-25(28(32)36)27(24-14-19-20(30)5-4-6-23(19)38-24)26(29-35-34-16(3)37-29)21(33-22)12-9-17-7-10-18(31)11-8-17/h4-8,10-11,14-15H,9,12-13H2,1-3H3,(H2,32,36). The van der Waals surface area contributed by atoms with Gasteiger partial charge in [-0.2, -0.15) is 0 Å². The van der Waals surface area contributed by atoms with Crippen molar-refractivity contribution in [2.24, 2.45) is 11.7 Å². The summed E-state index contributed by atoms with van der Waals surface area (Å²) in [5.41, 5.74) is 10.0. The maximum Gasteiger partial charge on any atom is 0.251 e. The Hall–Kier alpha value is -3.43. The van der Waals surface area contributed by atoms with E-state index in [-0.39, 0.29) is 17.6 Å². The molecule has 0 spiro atoms. The minimum absolute atomic E-state index is 0.242. The van der Waals surface area contributed by atoms with Gasteiger partial charge in [0.15, 0.2) is 0 Å². The van der Waals surface area contributed by atoms with Crippen LogP contribution < -0.4 is 5.73 Å². The van der Waals surface area contributed by atoms with Gasteiger partial charge < -0.3 is 10.2 Å². The molecule has 0 bridgehead atoms. The minimum atomic E-state index is -0.553. The Kier molecular flexibility index (Phi) is 7.40. The first-order chi connectivity index (χ1) is 18.2. The van der Waals surface area contributed by atoms with Crippen molar-refractivity contribution in [1.29, 1.82) is 0 Å². The summed E-state index contributed by atoms with van der Waals surface area (Å²) in [7, 11) is 0. The number of thiophene rings is 1. The van der Waals surface area contributed by atoms with Crippen LogP contribution in [-0.4, -0.2) is 21.1 Å². The van der Waals surface area contributed by atoms with Gasteiger partial charge in [-0.05, 0) is 61.1 Å². The fraction of sp³-hybridized carbons (Fsp3) is 0.241. The summed E-state index contributed by atoms with van der Waals surface area (Å²) in [5.74, 6) is 0.0986. The lowest BCUT2D eigenvalue weighted by molar-refractivity contribution is 0.0999. The van der Waals surface area contributed by atoms with Crippen molar-refractivity contribution in [1.82, 2.24) is 15.2 Å². The number of amides is 1. The Morgan fingerprint density at radius 1 is 1.08 bits per heavy atom. The summed E-state index contributed by atoms with van der Waals surface area (Å²) in [5, 5.41) is 9.42. The Morgan fingerprint density at radius 3 is 2.47 bits per heavy atom. The molecule has 3 aromatic heterocycles. The lowest BCUT2D eigenvalue weighted by atomic mass is 9.91. The number of nitrogens with two attached hydrogens (primary N) is 1. The Morgan fingerprint density at radius 2 is 1.84 bits per heavy atom. The second-order valence-corrected chi connectivity index (χ2v) is 11.5. The minimum Gasteiger partial charge on any atom is -0.421 e. The highest BCUT2D eigenvalue weighted by atomic mass is 79.9. The van der Waals surface area contributed by atoms with Gasteiger partial charge in [0.2, 0.25) is 11.8 Å². The van der Waals surface area contributed by atoms with Crippen molar-refractivity contribution in [3.8, 4) is 21.9 Å². The van der Waals surface area contributed by atoms with Crippen LogP contribution in [0.2, 0.25) is 0 Å². The number of hydrogen-bond donors (Lipinski definition) is 1. The second-order valence-electron chi connectivity index (χ2n) is 9.61. The van der Waals surface area contributed by atoms with E-state index in [2.05, 4.69) is 46.0 Å². The number of aromatic nitrogens is 3. The molecule has 2 N–H and O–H groups in total. The molecule has 194 valence electrons. The van der Waals surface area contributed by atoms with E-state index >= 15 is 0 Å². The molecule has 5 aromatic rings. The third-order valence-corrected chi connectivity index (χ3v) is 8.06. The van der Waals surface area contributed by atoms with Crippen molar-refractivity contribution in [2.45, 2.75) is 40.0 Å². The first-order valence-electron chi connectivity index (χ1n) is 12.3. The van der Waals surface area contributed by atoms with E-state index < -0.39 is 5.91 Å². The molecular weight excluding hydrogens is 567 g/mol. The van der Waals surface area contributed by atoms with Crippen LogP contribution in [0.4, 0.5) is 4.39 Å². The van der Waals surface area contributed by atoms with Gasteiger partial charge in [-0.25, -0.2) is 4.39 Å². The average Bonchev–Trinajstić information content (AvgIpc) is 3.49. The highest BCUT2D eigenvalue weighted by Crippen LogP contribution is 2.44. The van der Waals surface area contributed by atoms with E-state index in [9.17, 15) is 9.18 Å². The summed E-state index contributed by atoms with van der Waals surface area (Å²) in [6, 6.07) is 14.5. The highest BCUT2D eigenvalue weighted by Gasteiger charge is 2.29. The van der Waals surface area contributed by atoms with Gasteiger partial charge in [0.05, 0.1) is 22.5 Å². The number of aryl methyl sites for hydroxylation is 3. The van der Waals surface area contributed by atoms with Gasteiger partial charge in [-0.15, -0.1) is 21.5 Å². The molecule has 2 aromatic carbocycles. The lowest BCUT2D eigenvalue weighted by Crippen LogP contribution is -2.20. The first-order valence-corrected chi connectivity index (χ1v) is 13.9. The van der Waals surface area contributed by atoms with E-state index in [1.165, 1.54) is 12.1 Å². The average molecular weight is 594 g/mol. The zero-order valence-electron chi connectivity index (χ0n) is 21.2. The maximum atomic E-state index is 13.5. The molecule has 0 aliphatic carbocycles. The predicted octanol–water partition coefficient (Wildman–Crippen LogP) is 7.31. The molecule has 0 aliphatic heterocycles. The molecular formula is C29H26BrFN4O2S. The van der Waals surface area contributed by atoms with Crippen molar-refractivity contribution >= 4 is 43.3 Å². The fourth-order valence-electron chi connectivity index (χ4n) is 4.61. The number of carbonyl (C=O) groups excluding carboxylic acids is 1. The molecule has 0 radical (unpaired) electrons. The number of nitrogens with zero attached hydrogens (tertiary/aromatic N) is 3. The van der Waals surface area contributed by atoms with Crippen LogP contribution in [0.3, 0.4) is 0 Å². The summed E-state index contributed by atoms with van der Waals surface area (Å²) in [4.78, 5) is 18.9. The molecule has 5 rings (SSSR count). The SMILES string of the molecule is Cc1nnc(-c2c(CCc3ccc(F)cc3)nc(CC(C)C)c(C(N)=O)c2-c2cc3c(Br)cccc3s2)o1. The third kappa shape index (κ3) is 5.26. The molecule has 0 saturated carbocycles. The molecule has 9 heteroatoms. The van der Waals surface area contributed by atoms with E-state index in [0.717, 1.165) is 30.7 Å². The quantitative estimate of drug-likeness (QED) is 0.204. The summed E-state index contributed by atoms with van der Waals surface area (Å²) in [6.45, 7) is 5.88. The second kappa shape index (κ2) is 10.7. The number of carbonyl (C=O) groups is 1. The van der Waals surface area contributed by atoms with Crippen LogP contribution in [0.1, 0.15) is 47.0 Å². The summed E-state index contributed by atoms with van der Waals surface area (Å²) in [6.07, 6.45) is 1.71. The molecule has 3 heterocycles. The molecule has 1 amide bonds. The predicted molar refractivity (Wildman–Crippen MR) is 152 cm³/mol. The Balaban J connectivity index is 1.80. The van der Waals surface area contributed by atoms with Crippen LogP contribution >= 0.6 is 27.3 Å². The third-order valence-electron chi connectivity index (χ3n) is 6.25. The van der Waals surface area contributed by atoms with Crippen molar-refractivity contribution in [2.75, 3.05) is 0 Å². The van der Waals surface area contributed by atoms with Crippen LogP contribution in [0, 0.1) is 18.7 Å². The number of pyridine rings is 1. The van der Waals surface area contributed by atoms with Crippen molar-refractivity contribution in [3.63, 3.8) is 0 Å². The van der Waals surface area contributed by atoms with Gasteiger partial charge in [0.25, 0.3) is 5.91 Å². The molecule has 0 atom stereocenters. The Labute approximate surface area is 232 Å². The molecule has 6 nitrogen and oxygen atoms in total. The molecule has 0 fully saturated rings. The first kappa shape index (κ1) is 26.2. The van der Waals surface area contributed by atoms with Crippen LogP contribution in [0.5, 0.6) is 0 Å². The summed E-state index contributed by atoms with van der Waals surface area (Å²) < 4.78 is 21.5. The van der Waals surface area contributed by atoms with E-state index in [0.29, 0.717) is 47.5 Å². The number of benzene rings is 2. The number of halogens is 2.